The summed E-state index contributed by atoms with van der Waals surface area (Å²) in [6.45, 7) is 1.75. The number of aromatic amines is 1. The second-order valence-electron chi connectivity index (χ2n) is 4.00. The minimum Gasteiger partial charge on any atom is -0.334 e. The summed E-state index contributed by atoms with van der Waals surface area (Å²) in [5.41, 5.74) is 1.01. The number of nitrogens with one attached hydrogen (secondary N) is 3. The summed E-state index contributed by atoms with van der Waals surface area (Å²) >= 11 is 0. The molecule has 0 bridgehead atoms. The van der Waals surface area contributed by atoms with E-state index in [0.29, 0.717) is 17.8 Å². The Balaban J connectivity index is 2.10. The third kappa shape index (κ3) is 3.35. The number of amides is 1. The number of anilines is 2. The number of rotatable bonds is 5. The van der Waals surface area contributed by atoms with Crippen molar-refractivity contribution < 1.29 is 13.2 Å². The molecular formula is C12H14N4O3S. The average molecular weight is 294 g/mol. The molecule has 20 heavy (non-hydrogen) atoms. The highest BCUT2D eigenvalue weighted by Crippen LogP contribution is 2.17. The van der Waals surface area contributed by atoms with Crippen LogP contribution in [0.4, 0.5) is 11.4 Å². The minimum atomic E-state index is -3.67. The first-order valence-electron chi connectivity index (χ1n) is 5.92. The molecule has 2 aromatic rings. The Labute approximate surface area is 116 Å². The van der Waals surface area contributed by atoms with Crippen molar-refractivity contribution in [2.75, 3.05) is 10.0 Å². The number of H-pyrrole nitrogens is 1. The zero-order valence-corrected chi connectivity index (χ0v) is 11.6. The Bertz CT molecular complexity index is 678. The summed E-state index contributed by atoms with van der Waals surface area (Å²) in [6.07, 6.45) is 2.89. The molecule has 106 valence electrons. The van der Waals surface area contributed by atoms with Gasteiger partial charge in [-0.3, -0.25) is 9.52 Å². The van der Waals surface area contributed by atoms with E-state index in [-0.39, 0.29) is 10.9 Å². The van der Waals surface area contributed by atoms with Gasteiger partial charge < -0.3 is 10.3 Å². The Hall–Kier alpha value is -2.35. The SMILES string of the molecule is CCC(=O)Nc1ccc(NS(=O)(=O)c2cnc[nH]2)cc1. The van der Waals surface area contributed by atoms with Crippen molar-refractivity contribution in [3.63, 3.8) is 0 Å². The lowest BCUT2D eigenvalue weighted by molar-refractivity contribution is -0.115. The fourth-order valence-electron chi connectivity index (χ4n) is 1.47. The van der Waals surface area contributed by atoms with Crippen molar-refractivity contribution >= 4 is 27.3 Å². The number of carbonyl (C=O) groups is 1. The number of sulfonamides is 1. The summed E-state index contributed by atoms with van der Waals surface area (Å²) in [4.78, 5) is 17.4. The zero-order valence-electron chi connectivity index (χ0n) is 10.8. The van der Waals surface area contributed by atoms with Gasteiger partial charge in [-0.05, 0) is 24.3 Å². The predicted octanol–water partition coefficient (Wildman–Crippen LogP) is 1.56. The van der Waals surface area contributed by atoms with Crippen LogP contribution in [0.2, 0.25) is 0 Å². The van der Waals surface area contributed by atoms with E-state index < -0.39 is 10.0 Å². The highest BCUT2D eigenvalue weighted by Gasteiger charge is 2.15. The molecule has 8 heteroatoms. The minimum absolute atomic E-state index is 0.0131. The largest absolute Gasteiger partial charge is 0.334 e. The summed E-state index contributed by atoms with van der Waals surface area (Å²) in [6, 6.07) is 6.38. The molecule has 1 heterocycles. The average Bonchev–Trinajstić information content (AvgIpc) is 2.95. The van der Waals surface area contributed by atoms with E-state index in [1.165, 1.54) is 12.5 Å². The van der Waals surface area contributed by atoms with Crippen molar-refractivity contribution in [2.45, 2.75) is 18.4 Å². The summed E-state index contributed by atoms with van der Waals surface area (Å²) < 4.78 is 26.2. The van der Waals surface area contributed by atoms with Crippen molar-refractivity contribution in [3.05, 3.63) is 36.8 Å². The lowest BCUT2D eigenvalue weighted by atomic mass is 10.3. The zero-order chi connectivity index (χ0) is 14.6. The van der Waals surface area contributed by atoms with E-state index in [4.69, 9.17) is 0 Å². The summed E-state index contributed by atoms with van der Waals surface area (Å²) in [5, 5.41) is 2.66. The van der Waals surface area contributed by atoms with Crippen molar-refractivity contribution in [1.29, 1.82) is 0 Å². The van der Waals surface area contributed by atoms with Gasteiger partial charge in [-0.1, -0.05) is 6.92 Å². The van der Waals surface area contributed by atoms with Crippen LogP contribution in [-0.2, 0) is 14.8 Å². The van der Waals surface area contributed by atoms with Crippen LogP contribution in [0.15, 0.2) is 41.8 Å². The molecule has 0 unspecified atom stereocenters. The number of hydrogen-bond donors (Lipinski definition) is 3. The normalized spacial score (nSPS) is 11.1. The third-order valence-electron chi connectivity index (χ3n) is 2.50. The summed E-state index contributed by atoms with van der Waals surface area (Å²) in [5.74, 6) is -0.101. The van der Waals surface area contributed by atoms with Crippen LogP contribution in [0.25, 0.3) is 0 Å². The Morgan fingerprint density at radius 1 is 1.25 bits per heavy atom. The molecule has 1 amide bonds. The maximum Gasteiger partial charge on any atom is 0.278 e. The molecule has 0 spiro atoms. The fraction of sp³-hybridized carbons (Fsp3) is 0.167. The van der Waals surface area contributed by atoms with Gasteiger partial charge >= 0.3 is 0 Å². The van der Waals surface area contributed by atoms with E-state index in [1.54, 1.807) is 31.2 Å². The standard InChI is InChI=1S/C12H14N4O3S/c1-2-11(17)15-9-3-5-10(6-4-9)16-20(18,19)12-7-13-8-14-12/h3-8,16H,2H2,1H3,(H,13,14)(H,15,17). The van der Waals surface area contributed by atoms with Crippen LogP contribution in [0, 0.1) is 0 Å². The number of hydrogen-bond acceptors (Lipinski definition) is 4. The molecule has 0 saturated carbocycles. The first-order valence-corrected chi connectivity index (χ1v) is 7.40. The lowest BCUT2D eigenvalue weighted by Crippen LogP contribution is -2.13. The van der Waals surface area contributed by atoms with Crippen LogP contribution in [0.3, 0.4) is 0 Å². The molecular weight excluding hydrogens is 280 g/mol. The number of nitrogens with zero attached hydrogens (tertiary/aromatic N) is 1. The lowest BCUT2D eigenvalue weighted by Gasteiger charge is -2.08. The number of imidazole rings is 1. The van der Waals surface area contributed by atoms with Gasteiger partial charge in [0.1, 0.15) is 0 Å². The van der Waals surface area contributed by atoms with Crippen molar-refractivity contribution in [2.24, 2.45) is 0 Å². The molecule has 1 aromatic heterocycles. The summed E-state index contributed by atoms with van der Waals surface area (Å²) in [7, 11) is -3.67. The number of carbonyl (C=O) groups excluding carboxylic acids is 1. The van der Waals surface area contributed by atoms with E-state index in [1.807, 2.05) is 0 Å². The van der Waals surface area contributed by atoms with Gasteiger partial charge in [0.2, 0.25) is 5.91 Å². The van der Waals surface area contributed by atoms with Gasteiger partial charge in [0.25, 0.3) is 10.0 Å². The maximum absolute atomic E-state index is 11.9. The smallest absolute Gasteiger partial charge is 0.278 e. The molecule has 0 saturated heterocycles. The van der Waals surface area contributed by atoms with Crippen LogP contribution in [0.1, 0.15) is 13.3 Å². The van der Waals surface area contributed by atoms with Crippen LogP contribution in [0.5, 0.6) is 0 Å². The predicted molar refractivity (Wildman–Crippen MR) is 74.8 cm³/mol. The first kappa shape index (κ1) is 14.1. The highest BCUT2D eigenvalue weighted by atomic mass is 32.2. The monoisotopic (exact) mass is 294 g/mol. The molecule has 7 nitrogen and oxygen atoms in total. The van der Waals surface area contributed by atoms with Crippen molar-refractivity contribution in [3.8, 4) is 0 Å². The first-order chi connectivity index (χ1) is 9.51. The molecule has 1 aromatic carbocycles. The number of aromatic nitrogens is 2. The molecule has 0 atom stereocenters. The van der Waals surface area contributed by atoms with Gasteiger partial charge in [-0.15, -0.1) is 0 Å². The second-order valence-corrected chi connectivity index (χ2v) is 5.65. The van der Waals surface area contributed by atoms with E-state index in [2.05, 4.69) is 20.0 Å². The molecule has 3 N–H and O–H groups in total. The highest BCUT2D eigenvalue weighted by molar-refractivity contribution is 7.92. The fourth-order valence-corrected chi connectivity index (χ4v) is 2.44. The maximum atomic E-state index is 11.9. The third-order valence-corrected chi connectivity index (χ3v) is 3.81. The van der Waals surface area contributed by atoms with E-state index >= 15 is 0 Å². The Morgan fingerprint density at radius 3 is 2.45 bits per heavy atom. The van der Waals surface area contributed by atoms with E-state index in [0.717, 1.165) is 0 Å². The Morgan fingerprint density at radius 2 is 1.90 bits per heavy atom. The van der Waals surface area contributed by atoms with Gasteiger partial charge in [0.15, 0.2) is 5.03 Å². The number of benzene rings is 1. The molecule has 2 rings (SSSR count). The van der Waals surface area contributed by atoms with Gasteiger partial charge in [-0.2, -0.15) is 8.42 Å². The molecule has 0 aliphatic heterocycles. The van der Waals surface area contributed by atoms with Gasteiger partial charge in [-0.25, -0.2) is 4.98 Å². The quantitative estimate of drug-likeness (QED) is 0.778. The molecule has 0 fully saturated rings. The van der Waals surface area contributed by atoms with E-state index in [9.17, 15) is 13.2 Å². The topological polar surface area (TPSA) is 104 Å². The molecule has 0 aliphatic rings. The van der Waals surface area contributed by atoms with Crippen LogP contribution < -0.4 is 10.0 Å². The second kappa shape index (κ2) is 5.74. The van der Waals surface area contributed by atoms with Gasteiger partial charge in [0, 0.05) is 17.8 Å². The Kier molecular flexibility index (Phi) is 4.04. The van der Waals surface area contributed by atoms with Crippen LogP contribution >= 0.6 is 0 Å². The molecule has 0 radical (unpaired) electrons. The van der Waals surface area contributed by atoms with Gasteiger partial charge in [0.05, 0.1) is 12.5 Å². The van der Waals surface area contributed by atoms with Crippen molar-refractivity contribution in [1.82, 2.24) is 9.97 Å². The molecule has 0 aliphatic carbocycles. The van der Waals surface area contributed by atoms with Crippen LogP contribution in [-0.4, -0.2) is 24.3 Å².